The second-order valence-electron chi connectivity index (χ2n) is 2.98. The second-order valence-corrected chi connectivity index (χ2v) is 4.72. The molecule has 1 unspecified atom stereocenters. The highest BCUT2D eigenvalue weighted by molar-refractivity contribution is 7.09. The van der Waals surface area contributed by atoms with Crippen molar-refractivity contribution in [1.82, 2.24) is 4.98 Å². The summed E-state index contributed by atoms with van der Waals surface area (Å²) in [7, 11) is 0. The summed E-state index contributed by atoms with van der Waals surface area (Å²) in [4.78, 5) is 4.15. The average Bonchev–Trinajstić information content (AvgIpc) is 2.69. The molecule has 0 radical (unpaired) electrons. The van der Waals surface area contributed by atoms with Crippen molar-refractivity contribution in [2.45, 2.75) is 6.04 Å². The van der Waals surface area contributed by atoms with Gasteiger partial charge < -0.3 is 5.73 Å². The maximum Gasteiger partial charge on any atom is 0.114 e. The topological polar surface area (TPSA) is 38.9 Å². The highest BCUT2D eigenvalue weighted by Gasteiger charge is 2.17. The molecule has 0 bridgehead atoms. The van der Waals surface area contributed by atoms with Gasteiger partial charge in [-0.15, -0.1) is 11.3 Å². The van der Waals surface area contributed by atoms with Gasteiger partial charge in [0.05, 0.1) is 6.04 Å². The third-order valence-corrected chi connectivity index (χ3v) is 3.55. The number of nitrogens with zero attached hydrogens (tertiary/aromatic N) is 1. The van der Waals surface area contributed by atoms with E-state index in [4.69, 9.17) is 28.9 Å². The van der Waals surface area contributed by atoms with E-state index in [1.54, 1.807) is 24.4 Å². The summed E-state index contributed by atoms with van der Waals surface area (Å²) >= 11 is 13.6. The lowest BCUT2D eigenvalue weighted by atomic mass is 10.1. The number of hydrogen-bond donors (Lipinski definition) is 1. The van der Waals surface area contributed by atoms with E-state index in [0.29, 0.717) is 10.0 Å². The van der Waals surface area contributed by atoms with Crippen LogP contribution in [-0.4, -0.2) is 4.98 Å². The van der Waals surface area contributed by atoms with Crippen LogP contribution in [0.15, 0.2) is 29.8 Å². The SMILES string of the molecule is NC(c1nccs1)c1c(Cl)cccc1Cl. The predicted molar refractivity (Wildman–Crippen MR) is 64.6 cm³/mol. The van der Waals surface area contributed by atoms with Crippen LogP contribution in [0.2, 0.25) is 10.0 Å². The molecule has 0 saturated heterocycles. The minimum absolute atomic E-state index is 0.355. The lowest BCUT2D eigenvalue weighted by Crippen LogP contribution is -2.12. The van der Waals surface area contributed by atoms with Crippen LogP contribution < -0.4 is 5.73 Å². The first kappa shape index (κ1) is 10.9. The van der Waals surface area contributed by atoms with Crippen molar-refractivity contribution in [3.8, 4) is 0 Å². The molecule has 0 aliphatic rings. The molecule has 78 valence electrons. The number of aromatic nitrogens is 1. The Morgan fingerprint density at radius 2 is 1.93 bits per heavy atom. The van der Waals surface area contributed by atoms with Gasteiger partial charge >= 0.3 is 0 Å². The van der Waals surface area contributed by atoms with Crippen LogP contribution in [0.4, 0.5) is 0 Å². The van der Waals surface area contributed by atoms with Gasteiger partial charge in [-0.25, -0.2) is 4.98 Å². The summed E-state index contributed by atoms with van der Waals surface area (Å²) in [6.45, 7) is 0. The van der Waals surface area contributed by atoms with E-state index < -0.39 is 0 Å². The molecule has 0 aliphatic heterocycles. The molecule has 2 nitrogen and oxygen atoms in total. The third kappa shape index (κ3) is 2.16. The molecule has 1 heterocycles. The second kappa shape index (κ2) is 4.49. The quantitative estimate of drug-likeness (QED) is 0.896. The van der Waals surface area contributed by atoms with E-state index >= 15 is 0 Å². The third-order valence-electron chi connectivity index (χ3n) is 2.03. The molecular formula is C10H8Cl2N2S. The lowest BCUT2D eigenvalue weighted by molar-refractivity contribution is 0.858. The molecule has 5 heteroatoms. The maximum atomic E-state index is 6.05. The van der Waals surface area contributed by atoms with E-state index in [9.17, 15) is 0 Å². The largest absolute Gasteiger partial charge is 0.318 e. The normalized spacial score (nSPS) is 12.7. The predicted octanol–water partition coefficient (Wildman–Crippen LogP) is 3.50. The molecule has 2 N–H and O–H groups in total. The zero-order chi connectivity index (χ0) is 10.8. The smallest absolute Gasteiger partial charge is 0.114 e. The molecule has 0 aliphatic carbocycles. The summed E-state index contributed by atoms with van der Waals surface area (Å²) in [5.74, 6) is 0. The fourth-order valence-electron chi connectivity index (χ4n) is 1.32. The first-order chi connectivity index (χ1) is 7.20. The Morgan fingerprint density at radius 3 is 2.47 bits per heavy atom. The van der Waals surface area contributed by atoms with Crippen molar-refractivity contribution in [3.63, 3.8) is 0 Å². The van der Waals surface area contributed by atoms with Crippen LogP contribution in [0.25, 0.3) is 0 Å². The number of benzene rings is 1. The van der Waals surface area contributed by atoms with Crippen molar-refractivity contribution in [3.05, 3.63) is 50.4 Å². The Labute approximate surface area is 102 Å². The Hall–Kier alpha value is -0.610. The zero-order valence-electron chi connectivity index (χ0n) is 7.65. The molecule has 1 aromatic carbocycles. The van der Waals surface area contributed by atoms with Gasteiger partial charge in [0.2, 0.25) is 0 Å². The van der Waals surface area contributed by atoms with Crippen molar-refractivity contribution < 1.29 is 0 Å². The monoisotopic (exact) mass is 258 g/mol. The number of hydrogen-bond acceptors (Lipinski definition) is 3. The Morgan fingerprint density at radius 1 is 1.27 bits per heavy atom. The van der Waals surface area contributed by atoms with Gasteiger partial charge in [-0.3, -0.25) is 0 Å². The average molecular weight is 259 g/mol. The summed E-state index contributed by atoms with van der Waals surface area (Å²) in [6.07, 6.45) is 1.71. The Kier molecular flexibility index (Phi) is 3.26. The van der Waals surface area contributed by atoms with E-state index in [-0.39, 0.29) is 6.04 Å². The van der Waals surface area contributed by atoms with Crippen molar-refractivity contribution in [1.29, 1.82) is 0 Å². The fourth-order valence-corrected chi connectivity index (χ4v) is 2.60. The van der Waals surface area contributed by atoms with Gasteiger partial charge in [-0.2, -0.15) is 0 Å². The van der Waals surface area contributed by atoms with Crippen molar-refractivity contribution >= 4 is 34.5 Å². The highest BCUT2D eigenvalue weighted by Crippen LogP contribution is 2.32. The van der Waals surface area contributed by atoms with Crippen LogP contribution in [-0.2, 0) is 0 Å². The molecular weight excluding hydrogens is 251 g/mol. The molecule has 0 saturated carbocycles. The minimum Gasteiger partial charge on any atom is -0.318 e. The minimum atomic E-state index is -0.355. The van der Waals surface area contributed by atoms with Gasteiger partial charge in [0.25, 0.3) is 0 Å². The van der Waals surface area contributed by atoms with Crippen LogP contribution >= 0.6 is 34.5 Å². The van der Waals surface area contributed by atoms with Gasteiger partial charge in [0.15, 0.2) is 0 Å². The van der Waals surface area contributed by atoms with Gasteiger partial charge in [0, 0.05) is 27.2 Å². The van der Waals surface area contributed by atoms with Crippen LogP contribution in [0, 0.1) is 0 Å². The fraction of sp³-hybridized carbons (Fsp3) is 0.100. The maximum absolute atomic E-state index is 6.05. The van der Waals surface area contributed by atoms with E-state index in [0.717, 1.165) is 10.6 Å². The molecule has 0 fully saturated rings. The lowest BCUT2D eigenvalue weighted by Gasteiger charge is -2.12. The number of thiazole rings is 1. The molecule has 1 aromatic heterocycles. The molecule has 0 spiro atoms. The molecule has 0 amide bonds. The molecule has 2 aromatic rings. The Balaban J connectivity index is 2.46. The number of rotatable bonds is 2. The Bertz CT molecular complexity index is 436. The van der Waals surface area contributed by atoms with Crippen LogP contribution in [0.5, 0.6) is 0 Å². The zero-order valence-corrected chi connectivity index (χ0v) is 9.98. The summed E-state index contributed by atoms with van der Waals surface area (Å²) in [5, 5.41) is 3.83. The first-order valence-corrected chi connectivity index (χ1v) is 5.92. The summed E-state index contributed by atoms with van der Waals surface area (Å²) in [5.41, 5.74) is 6.77. The van der Waals surface area contributed by atoms with Crippen molar-refractivity contribution in [2.75, 3.05) is 0 Å². The molecule has 1 atom stereocenters. The van der Waals surface area contributed by atoms with E-state index in [1.165, 1.54) is 11.3 Å². The van der Waals surface area contributed by atoms with Crippen LogP contribution in [0.3, 0.4) is 0 Å². The summed E-state index contributed by atoms with van der Waals surface area (Å²) < 4.78 is 0. The van der Waals surface area contributed by atoms with E-state index in [2.05, 4.69) is 4.98 Å². The van der Waals surface area contributed by atoms with E-state index in [1.807, 2.05) is 5.38 Å². The highest BCUT2D eigenvalue weighted by atomic mass is 35.5. The van der Waals surface area contributed by atoms with Crippen molar-refractivity contribution in [2.24, 2.45) is 5.73 Å². The summed E-state index contributed by atoms with van der Waals surface area (Å²) in [6, 6.07) is 4.99. The van der Waals surface area contributed by atoms with Gasteiger partial charge in [0.1, 0.15) is 5.01 Å². The van der Waals surface area contributed by atoms with Gasteiger partial charge in [-0.1, -0.05) is 29.3 Å². The number of halogens is 2. The molecule has 2 rings (SSSR count). The molecule has 15 heavy (non-hydrogen) atoms. The number of nitrogens with two attached hydrogens (primary N) is 1. The van der Waals surface area contributed by atoms with Gasteiger partial charge in [-0.05, 0) is 12.1 Å². The standard InChI is InChI=1S/C10H8Cl2N2S/c11-6-2-1-3-7(12)8(6)9(13)10-14-4-5-15-10/h1-5,9H,13H2. The van der Waals surface area contributed by atoms with Crippen LogP contribution in [0.1, 0.15) is 16.6 Å². The first-order valence-electron chi connectivity index (χ1n) is 4.29.